The first kappa shape index (κ1) is 20.1. The Morgan fingerprint density at radius 2 is 1.55 bits per heavy atom. The van der Waals surface area contributed by atoms with Crippen molar-refractivity contribution in [2.24, 2.45) is 0 Å². The monoisotopic (exact) mass is 389 g/mol. The third-order valence-corrected chi connectivity index (χ3v) is 4.45. The Hall–Kier alpha value is -3.60. The highest BCUT2D eigenvalue weighted by molar-refractivity contribution is 6.07. The van der Waals surface area contributed by atoms with E-state index >= 15 is 0 Å². The summed E-state index contributed by atoms with van der Waals surface area (Å²) < 4.78 is 10.9. The number of nitrogens with one attached hydrogen (secondary N) is 1. The first-order valence-corrected chi connectivity index (χ1v) is 9.44. The van der Waals surface area contributed by atoms with Gasteiger partial charge in [0.1, 0.15) is 12.4 Å². The molecule has 0 heterocycles. The smallest absolute Gasteiger partial charge is 0.338 e. The van der Waals surface area contributed by atoms with Gasteiger partial charge in [0.2, 0.25) is 0 Å². The average molecular weight is 389 g/mol. The van der Waals surface area contributed by atoms with Crippen molar-refractivity contribution in [3.63, 3.8) is 0 Å². The van der Waals surface area contributed by atoms with E-state index in [-0.39, 0.29) is 5.91 Å². The normalized spacial score (nSPS) is 10.3. The molecule has 148 valence electrons. The summed E-state index contributed by atoms with van der Waals surface area (Å²) >= 11 is 0. The minimum Gasteiger partial charge on any atom is -0.488 e. The third-order valence-electron chi connectivity index (χ3n) is 4.45. The molecule has 0 bridgehead atoms. The summed E-state index contributed by atoms with van der Waals surface area (Å²) in [4.78, 5) is 25.0. The van der Waals surface area contributed by atoms with Gasteiger partial charge in [-0.05, 0) is 49.2 Å². The highest BCUT2D eigenvalue weighted by Gasteiger charge is 2.17. The summed E-state index contributed by atoms with van der Waals surface area (Å²) in [6, 6.07) is 22.0. The maximum Gasteiger partial charge on any atom is 0.338 e. The number of ether oxygens (including phenoxy) is 2. The Morgan fingerprint density at radius 3 is 2.31 bits per heavy atom. The van der Waals surface area contributed by atoms with Crippen LogP contribution in [0.4, 0.5) is 5.69 Å². The van der Waals surface area contributed by atoms with Crippen molar-refractivity contribution < 1.29 is 19.1 Å². The molecule has 3 rings (SSSR count). The maximum absolute atomic E-state index is 12.9. The Balaban J connectivity index is 1.78. The van der Waals surface area contributed by atoms with Crippen molar-refractivity contribution in [1.29, 1.82) is 0 Å². The standard InChI is InChI=1S/C24H23NO4/c1-3-28-24(27)19-13-9-14-21(17(19)2)25-23(26)20-12-7-8-15-22(20)29-16-18-10-5-4-6-11-18/h4-15H,3,16H2,1-2H3,(H,25,26). The van der Waals surface area contributed by atoms with Crippen LogP contribution in [0.3, 0.4) is 0 Å². The molecule has 1 N–H and O–H groups in total. The van der Waals surface area contributed by atoms with Crippen molar-refractivity contribution >= 4 is 17.6 Å². The molecule has 5 nitrogen and oxygen atoms in total. The van der Waals surface area contributed by atoms with Crippen molar-refractivity contribution in [2.75, 3.05) is 11.9 Å². The fraction of sp³-hybridized carbons (Fsp3) is 0.167. The van der Waals surface area contributed by atoms with Gasteiger partial charge in [-0.1, -0.05) is 48.5 Å². The van der Waals surface area contributed by atoms with Gasteiger partial charge in [0, 0.05) is 5.69 Å². The molecule has 0 saturated carbocycles. The van der Waals surface area contributed by atoms with E-state index in [0.29, 0.717) is 41.3 Å². The summed E-state index contributed by atoms with van der Waals surface area (Å²) in [7, 11) is 0. The lowest BCUT2D eigenvalue weighted by atomic mass is 10.1. The Bertz CT molecular complexity index is 999. The number of carbonyl (C=O) groups is 2. The lowest BCUT2D eigenvalue weighted by Crippen LogP contribution is -2.16. The van der Waals surface area contributed by atoms with E-state index in [2.05, 4.69) is 5.32 Å². The largest absolute Gasteiger partial charge is 0.488 e. The van der Waals surface area contributed by atoms with Crippen molar-refractivity contribution in [2.45, 2.75) is 20.5 Å². The molecule has 0 atom stereocenters. The van der Waals surface area contributed by atoms with Crippen LogP contribution < -0.4 is 10.1 Å². The molecule has 0 unspecified atom stereocenters. The summed E-state index contributed by atoms with van der Waals surface area (Å²) in [6.07, 6.45) is 0. The quantitative estimate of drug-likeness (QED) is 0.578. The van der Waals surface area contributed by atoms with Gasteiger partial charge in [-0.25, -0.2) is 4.79 Å². The topological polar surface area (TPSA) is 64.6 Å². The molecule has 0 aliphatic heterocycles. The summed E-state index contributed by atoms with van der Waals surface area (Å²) in [5.74, 6) is -0.224. The van der Waals surface area contributed by atoms with E-state index < -0.39 is 5.97 Å². The zero-order valence-corrected chi connectivity index (χ0v) is 16.5. The second-order valence-corrected chi connectivity index (χ2v) is 6.42. The van der Waals surface area contributed by atoms with E-state index in [9.17, 15) is 9.59 Å². The van der Waals surface area contributed by atoms with Crippen LogP contribution in [0.15, 0.2) is 72.8 Å². The number of benzene rings is 3. The van der Waals surface area contributed by atoms with Gasteiger partial charge in [0.25, 0.3) is 5.91 Å². The Morgan fingerprint density at radius 1 is 0.862 bits per heavy atom. The number of esters is 1. The number of hydrogen-bond donors (Lipinski definition) is 1. The molecule has 0 aliphatic rings. The minimum atomic E-state index is -0.410. The van der Waals surface area contributed by atoms with Crippen LogP contribution in [0.2, 0.25) is 0 Å². The zero-order valence-electron chi connectivity index (χ0n) is 16.5. The van der Waals surface area contributed by atoms with Crippen LogP contribution in [0, 0.1) is 6.92 Å². The fourth-order valence-electron chi connectivity index (χ4n) is 2.91. The lowest BCUT2D eigenvalue weighted by Gasteiger charge is -2.14. The van der Waals surface area contributed by atoms with Gasteiger partial charge >= 0.3 is 5.97 Å². The van der Waals surface area contributed by atoms with Crippen LogP contribution in [0.5, 0.6) is 5.75 Å². The van der Waals surface area contributed by atoms with Crippen LogP contribution >= 0.6 is 0 Å². The van der Waals surface area contributed by atoms with E-state index in [1.165, 1.54) is 0 Å². The second-order valence-electron chi connectivity index (χ2n) is 6.42. The number of carbonyl (C=O) groups excluding carboxylic acids is 2. The van der Waals surface area contributed by atoms with Gasteiger partial charge in [0.15, 0.2) is 0 Å². The molecule has 0 fully saturated rings. The summed E-state index contributed by atoms with van der Waals surface area (Å²) in [6.45, 7) is 4.19. The predicted octanol–water partition coefficient (Wildman–Crippen LogP) is 5.00. The SMILES string of the molecule is CCOC(=O)c1cccc(NC(=O)c2ccccc2OCc2ccccc2)c1C. The second kappa shape index (κ2) is 9.55. The molecule has 3 aromatic rings. The van der Waals surface area contributed by atoms with Gasteiger partial charge < -0.3 is 14.8 Å². The summed E-state index contributed by atoms with van der Waals surface area (Å²) in [5.41, 5.74) is 3.07. The number of anilines is 1. The van der Waals surface area contributed by atoms with Crippen molar-refractivity contribution in [1.82, 2.24) is 0 Å². The van der Waals surface area contributed by atoms with Crippen LogP contribution in [0.25, 0.3) is 0 Å². The fourth-order valence-corrected chi connectivity index (χ4v) is 2.91. The molecule has 0 radical (unpaired) electrons. The first-order chi connectivity index (χ1) is 14.1. The molecule has 3 aromatic carbocycles. The van der Waals surface area contributed by atoms with Crippen LogP contribution in [-0.2, 0) is 11.3 Å². The van der Waals surface area contributed by atoms with E-state index in [1.54, 1.807) is 50.2 Å². The van der Waals surface area contributed by atoms with Crippen molar-refractivity contribution in [3.8, 4) is 5.75 Å². The molecule has 5 heteroatoms. The Labute approximate surface area is 170 Å². The van der Waals surface area contributed by atoms with E-state index in [0.717, 1.165) is 5.56 Å². The molecule has 29 heavy (non-hydrogen) atoms. The predicted molar refractivity (Wildman–Crippen MR) is 112 cm³/mol. The molecule has 0 aromatic heterocycles. The number of hydrogen-bond acceptors (Lipinski definition) is 4. The molecule has 0 saturated heterocycles. The summed E-state index contributed by atoms with van der Waals surface area (Å²) in [5, 5.41) is 2.88. The van der Waals surface area contributed by atoms with Gasteiger partial charge in [-0.3, -0.25) is 4.79 Å². The molecular formula is C24H23NO4. The number of rotatable bonds is 7. The zero-order chi connectivity index (χ0) is 20.6. The van der Waals surface area contributed by atoms with Gasteiger partial charge in [-0.15, -0.1) is 0 Å². The van der Waals surface area contributed by atoms with Crippen molar-refractivity contribution in [3.05, 3.63) is 95.1 Å². The Kier molecular flexibility index (Phi) is 6.63. The third kappa shape index (κ3) is 5.02. The number of para-hydroxylation sites is 1. The lowest BCUT2D eigenvalue weighted by molar-refractivity contribution is 0.0525. The first-order valence-electron chi connectivity index (χ1n) is 9.44. The highest BCUT2D eigenvalue weighted by atomic mass is 16.5. The average Bonchev–Trinajstić information content (AvgIpc) is 2.75. The molecule has 0 spiro atoms. The maximum atomic E-state index is 12.9. The van der Waals surface area contributed by atoms with Gasteiger partial charge in [-0.2, -0.15) is 0 Å². The highest BCUT2D eigenvalue weighted by Crippen LogP contribution is 2.24. The molecule has 0 aliphatic carbocycles. The van der Waals surface area contributed by atoms with Crippen LogP contribution in [-0.4, -0.2) is 18.5 Å². The molecule has 1 amide bonds. The minimum absolute atomic E-state index is 0.293. The van der Waals surface area contributed by atoms with Crippen LogP contribution in [0.1, 0.15) is 38.8 Å². The van der Waals surface area contributed by atoms with E-state index in [4.69, 9.17) is 9.47 Å². The van der Waals surface area contributed by atoms with Gasteiger partial charge in [0.05, 0.1) is 17.7 Å². The van der Waals surface area contributed by atoms with E-state index in [1.807, 2.05) is 36.4 Å². The molecular weight excluding hydrogens is 366 g/mol. The number of amides is 1.